The summed E-state index contributed by atoms with van der Waals surface area (Å²) in [5.41, 5.74) is 0.00740. The van der Waals surface area contributed by atoms with Crippen LogP contribution in [0.25, 0.3) is 0 Å². The summed E-state index contributed by atoms with van der Waals surface area (Å²) in [7, 11) is 2.82. The van der Waals surface area contributed by atoms with Gasteiger partial charge in [0.1, 0.15) is 0 Å². The third-order valence-corrected chi connectivity index (χ3v) is 2.35. The van der Waals surface area contributed by atoms with E-state index in [4.69, 9.17) is 14.2 Å². The van der Waals surface area contributed by atoms with Gasteiger partial charge < -0.3 is 19.5 Å². The number of amides is 1. The Morgan fingerprint density at radius 3 is 2.65 bits per heavy atom. The Bertz CT molecular complexity index is 478. The molecule has 0 saturated carbocycles. The van der Waals surface area contributed by atoms with E-state index in [1.54, 1.807) is 0 Å². The van der Waals surface area contributed by atoms with Crippen molar-refractivity contribution in [2.75, 3.05) is 34.0 Å². The lowest BCUT2D eigenvalue weighted by molar-refractivity contribution is -0.124. The Morgan fingerprint density at radius 1 is 1.30 bits per heavy atom. The maximum absolute atomic E-state index is 13.4. The van der Waals surface area contributed by atoms with E-state index in [0.29, 0.717) is 13.2 Å². The van der Waals surface area contributed by atoms with Gasteiger partial charge in [-0.1, -0.05) is 0 Å². The molecule has 0 aliphatic heterocycles. The number of halogens is 1. The Hall–Kier alpha value is -2.15. The minimum atomic E-state index is -0.784. The van der Waals surface area contributed by atoms with Gasteiger partial charge in [0.05, 0.1) is 19.3 Å². The molecule has 0 saturated heterocycles. The van der Waals surface area contributed by atoms with E-state index >= 15 is 0 Å². The smallest absolute Gasteiger partial charge is 0.338 e. The molecule has 0 aliphatic carbocycles. The molecule has 0 unspecified atom stereocenters. The van der Waals surface area contributed by atoms with Gasteiger partial charge in [-0.15, -0.1) is 0 Å². The number of carbonyl (C=O) groups is 2. The maximum Gasteiger partial charge on any atom is 0.338 e. The van der Waals surface area contributed by atoms with Crippen molar-refractivity contribution < 1.29 is 28.2 Å². The van der Waals surface area contributed by atoms with E-state index in [0.717, 1.165) is 6.07 Å². The van der Waals surface area contributed by atoms with Crippen molar-refractivity contribution in [3.05, 3.63) is 29.6 Å². The monoisotopic (exact) mass is 285 g/mol. The Labute approximate surface area is 115 Å². The quantitative estimate of drug-likeness (QED) is 0.591. The molecule has 1 aromatic rings. The fraction of sp³-hybridized carbons (Fsp3) is 0.385. The minimum absolute atomic E-state index is 0.00740. The van der Waals surface area contributed by atoms with Crippen molar-refractivity contribution in [1.82, 2.24) is 5.32 Å². The van der Waals surface area contributed by atoms with Crippen molar-refractivity contribution in [3.63, 3.8) is 0 Å². The Balaban J connectivity index is 2.46. The van der Waals surface area contributed by atoms with Crippen LogP contribution < -0.4 is 10.1 Å². The maximum atomic E-state index is 13.4. The zero-order valence-corrected chi connectivity index (χ0v) is 11.3. The van der Waals surface area contributed by atoms with Gasteiger partial charge in [0.15, 0.2) is 18.2 Å². The topological polar surface area (TPSA) is 73.9 Å². The molecule has 1 amide bonds. The van der Waals surface area contributed by atoms with Crippen molar-refractivity contribution in [2.45, 2.75) is 0 Å². The highest BCUT2D eigenvalue weighted by Crippen LogP contribution is 2.18. The molecule has 1 rings (SSSR count). The van der Waals surface area contributed by atoms with Gasteiger partial charge in [0.2, 0.25) is 0 Å². The largest absolute Gasteiger partial charge is 0.494 e. The molecule has 0 radical (unpaired) electrons. The first kappa shape index (κ1) is 15.9. The average molecular weight is 285 g/mol. The first-order chi connectivity index (χ1) is 9.58. The van der Waals surface area contributed by atoms with Gasteiger partial charge in [-0.25, -0.2) is 9.18 Å². The first-order valence-corrected chi connectivity index (χ1v) is 5.84. The third-order valence-electron chi connectivity index (χ3n) is 2.35. The fourth-order valence-corrected chi connectivity index (χ4v) is 1.35. The lowest BCUT2D eigenvalue weighted by atomic mass is 10.2. The predicted octanol–water partition coefficient (Wildman–Crippen LogP) is 0.754. The highest BCUT2D eigenvalue weighted by Gasteiger charge is 2.12. The van der Waals surface area contributed by atoms with Crippen LogP contribution in [0.3, 0.4) is 0 Å². The molecule has 0 atom stereocenters. The van der Waals surface area contributed by atoms with Crippen LogP contribution in [0, 0.1) is 5.82 Å². The van der Waals surface area contributed by atoms with Crippen molar-refractivity contribution in [2.24, 2.45) is 0 Å². The summed E-state index contributed by atoms with van der Waals surface area (Å²) in [4.78, 5) is 22.9. The molecular weight excluding hydrogens is 269 g/mol. The average Bonchev–Trinajstić information content (AvgIpc) is 2.45. The zero-order valence-electron chi connectivity index (χ0n) is 11.3. The predicted molar refractivity (Wildman–Crippen MR) is 68.1 cm³/mol. The number of hydrogen-bond donors (Lipinski definition) is 1. The van der Waals surface area contributed by atoms with Crippen LogP contribution in [0.15, 0.2) is 18.2 Å². The Kier molecular flexibility index (Phi) is 6.45. The molecule has 1 N–H and O–H groups in total. The van der Waals surface area contributed by atoms with E-state index in [2.05, 4.69) is 5.32 Å². The minimum Gasteiger partial charge on any atom is -0.494 e. The molecule has 20 heavy (non-hydrogen) atoms. The van der Waals surface area contributed by atoms with Crippen molar-refractivity contribution in [3.8, 4) is 5.75 Å². The molecule has 110 valence electrons. The summed E-state index contributed by atoms with van der Waals surface area (Å²) < 4.78 is 27.6. The number of hydrogen-bond acceptors (Lipinski definition) is 5. The number of nitrogens with one attached hydrogen (secondary N) is 1. The fourth-order valence-electron chi connectivity index (χ4n) is 1.35. The number of esters is 1. The van der Waals surface area contributed by atoms with Gasteiger partial charge >= 0.3 is 5.97 Å². The van der Waals surface area contributed by atoms with Gasteiger partial charge in [0, 0.05) is 13.7 Å². The number of rotatable bonds is 7. The van der Waals surface area contributed by atoms with E-state index < -0.39 is 24.3 Å². The number of carbonyl (C=O) groups excluding carboxylic acids is 2. The van der Waals surface area contributed by atoms with E-state index in [1.807, 2.05) is 0 Å². The molecule has 1 aromatic carbocycles. The van der Waals surface area contributed by atoms with Crippen molar-refractivity contribution in [1.29, 1.82) is 0 Å². The first-order valence-electron chi connectivity index (χ1n) is 5.84. The molecule has 6 nitrogen and oxygen atoms in total. The lowest BCUT2D eigenvalue weighted by Gasteiger charge is -2.07. The van der Waals surface area contributed by atoms with Crippen LogP contribution in [0.1, 0.15) is 10.4 Å². The zero-order chi connectivity index (χ0) is 15.0. The van der Waals surface area contributed by atoms with Gasteiger partial charge in [-0.3, -0.25) is 4.79 Å². The number of methoxy groups -OCH3 is 2. The second kappa shape index (κ2) is 8.11. The third kappa shape index (κ3) is 4.85. The van der Waals surface area contributed by atoms with Gasteiger partial charge in [-0.2, -0.15) is 0 Å². The number of ether oxygens (including phenoxy) is 3. The summed E-state index contributed by atoms with van der Waals surface area (Å²) in [6.45, 7) is 0.254. The summed E-state index contributed by atoms with van der Waals surface area (Å²) in [6.07, 6.45) is 0. The van der Waals surface area contributed by atoms with E-state index in [9.17, 15) is 14.0 Å². The second-order valence-electron chi connectivity index (χ2n) is 3.77. The summed E-state index contributed by atoms with van der Waals surface area (Å²) in [5.74, 6) is -1.89. The van der Waals surface area contributed by atoms with Crippen LogP contribution in [-0.2, 0) is 14.3 Å². The van der Waals surface area contributed by atoms with Crippen LogP contribution >= 0.6 is 0 Å². The SMILES string of the molecule is COCCNC(=O)COC(=O)c1ccc(OC)c(F)c1. The van der Waals surface area contributed by atoms with Crippen LogP contribution in [0.5, 0.6) is 5.75 Å². The van der Waals surface area contributed by atoms with Crippen LogP contribution in [0.4, 0.5) is 4.39 Å². The van der Waals surface area contributed by atoms with Crippen molar-refractivity contribution >= 4 is 11.9 Å². The highest BCUT2D eigenvalue weighted by atomic mass is 19.1. The summed E-state index contributed by atoms with van der Waals surface area (Å²) >= 11 is 0. The molecular formula is C13H16FNO5. The highest BCUT2D eigenvalue weighted by molar-refractivity contribution is 5.91. The molecule has 0 bridgehead atoms. The second-order valence-corrected chi connectivity index (χ2v) is 3.77. The molecule has 0 aliphatic rings. The molecule has 0 heterocycles. The summed E-state index contributed by atoms with van der Waals surface area (Å²) in [6, 6.07) is 3.65. The molecule has 7 heteroatoms. The van der Waals surface area contributed by atoms with Gasteiger partial charge in [0.25, 0.3) is 5.91 Å². The van der Waals surface area contributed by atoms with Gasteiger partial charge in [-0.05, 0) is 18.2 Å². The molecule has 0 spiro atoms. The van der Waals surface area contributed by atoms with E-state index in [-0.39, 0.29) is 11.3 Å². The lowest BCUT2D eigenvalue weighted by Crippen LogP contribution is -2.31. The standard InChI is InChI=1S/C13H16FNO5/c1-18-6-5-15-12(16)8-20-13(17)9-3-4-11(19-2)10(14)7-9/h3-4,7H,5-6,8H2,1-2H3,(H,15,16). The van der Waals surface area contributed by atoms with Crippen LogP contribution in [0.2, 0.25) is 0 Å². The molecule has 0 aromatic heterocycles. The molecule has 0 fully saturated rings. The summed E-state index contributed by atoms with van der Waals surface area (Å²) in [5, 5.41) is 2.48. The normalized spacial score (nSPS) is 9.95. The Morgan fingerprint density at radius 2 is 2.05 bits per heavy atom. The van der Waals surface area contributed by atoms with Crippen LogP contribution in [-0.4, -0.2) is 45.9 Å². The van der Waals surface area contributed by atoms with E-state index in [1.165, 1.54) is 26.4 Å². The number of benzene rings is 1.